The van der Waals surface area contributed by atoms with E-state index in [4.69, 9.17) is 5.11 Å². The Balaban J connectivity index is 4.80. The van der Waals surface area contributed by atoms with Crippen molar-refractivity contribution in [2.24, 2.45) is 0 Å². The maximum Gasteiger partial charge on any atom is 0.336 e. The fourth-order valence-electron chi connectivity index (χ4n) is 1.12. The molecule has 9 nitrogen and oxygen atoms in total. The Morgan fingerprint density at radius 1 is 0.950 bits per heavy atom. The van der Waals surface area contributed by atoms with Crippen molar-refractivity contribution < 1.29 is 43.7 Å². The van der Waals surface area contributed by atoms with Crippen molar-refractivity contribution >= 4 is 29.8 Å². The Bertz CT molecular complexity index is 439. The average molecular weight is 290 g/mol. The van der Waals surface area contributed by atoms with Crippen LogP contribution in [-0.4, -0.2) is 45.7 Å². The molecule has 112 valence electrons. The number of carbonyl (C=O) groups is 5. The highest BCUT2D eigenvalue weighted by atomic mass is 16.6. The molecule has 2 N–H and O–H groups in total. The van der Waals surface area contributed by atoms with Crippen molar-refractivity contribution in [3.63, 3.8) is 0 Å². The Hall–Kier alpha value is -2.29. The maximum atomic E-state index is 11.3. The molecule has 0 fully saturated rings. The molecule has 0 radical (unpaired) electrons. The van der Waals surface area contributed by atoms with Crippen LogP contribution in [0.3, 0.4) is 0 Å². The number of aliphatic hydroxyl groups is 1. The van der Waals surface area contributed by atoms with Crippen LogP contribution in [-0.2, 0) is 33.4 Å². The fourth-order valence-corrected chi connectivity index (χ4v) is 1.12. The highest BCUT2D eigenvalue weighted by Gasteiger charge is 2.42. The summed E-state index contributed by atoms with van der Waals surface area (Å²) in [7, 11) is 0. The molecular weight excluding hydrogens is 276 g/mol. The summed E-state index contributed by atoms with van der Waals surface area (Å²) in [5.41, 5.74) is -2.82. The number of esters is 4. The van der Waals surface area contributed by atoms with Gasteiger partial charge in [0.1, 0.15) is 0 Å². The zero-order chi connectivity index (χ0) is 15.9. The monoisotopic (exact) mass is 290 g/mol. The van der Waals surface area contributed by atoms with E-state index in [1.165, 1.54) is 6.92 Å². The molecule has 0 bridgehead atoms. The van der Waals surface area contributed by atoms with E-state index in [1.807, 2.05) is 0 Å². The summed E-state index contributed by atoms with van der Waals surface area (Å²) >= 11 is 0. The van der Waals surface area contributed by atoms with Crippen molar-refractivity contribution in [2.75, 3.05) is 0 Å². The number of aliphatic carboxylic acids is 1. The van der Waals surface area contributed by atoms with Crippen LogP contribution in [0.15, 0.2) is 0 Å². The maximum absolute atomic E-state index is 11.3. The zero-order valence-corrected chi connectivity index (χ0v) is 10.9. The van der Waals surface area contributed by atoms with Gasteiger partial charge in [-0.1, -0.05) is 6.92 Å². The van der Waals surface area contributed by atoms with Crippen LogP contribution in [0.25, 0.3) is 0 Å². The molecule has 0 rings (SSSR count). The van der Waals surface area contributed by atoms with E-state index >= 15 is 0 Å². The van der Waals surface area contributed by atoms with Crippen molar-refractivity contribution in [3.8, 4) is 0 Å². The predicted molar refractivity (Wildman–Crippen MR) is 60.0 cm³/mol. The van der Waals surface area contributed by atoms with E-state index in [-0.39, 0.29) is 6.42 Å². The predicted octanol–water partition coefficient (Wildman–Crippen LogP) is -0.848. The molecule has 0 saturated heterocycles. The highest BCUT2D eigenvalue weighted by molar-refractivity contribution is 5.93. The van der Waals surface area contributed by atoms with Crippen molar-refractivity contribution in [1.29, 1.82) is 0 Å². The Kier molecular flexibility index (Phi) is 6.50. The first-order valence-corrected chi connectivity index (χ1v) is 5.51. The van der Waals surface area contributed by atoms with Gasteiger partial charge in [-0.15, -0.1) is 0 Å². The summed E-state index contributed by atoms with van der Waals surface area (Å²) in [4.78, 5) is 54.6. The quantitative estimate of drug-likeness (QED) is 0.472. The van der Waals surface area contributed by atoms with Gasteiger partial charge >= 0.3 is 29.8 Å². The van der Waals surface area contributed by atoms with E-state index in [2.05, 4.69) is 9.47 Å². The third-order valence-corrected chi connectivity index (χ3v) is 2.05. The van der Waals surface area contributed by atoms with E-state index in [0.717, 1.165) is 6.92 Å². The van der Waals surface area contributed by atoms with Crippen molar-refractivity contribution in [3.05, 3.63) is 0 Å². The Morgan fingerprint density at radius 3 is 1.75 bits per heavy atom. The summed E-state index contributed by atoms with van der Waals surface area (Å²) in [6.07, 6.45) is -2.40. The minimum Gasteiger partial charge on any atom is -0.479 e. The van der Waals surface area contributed by atoms with Gasteiger partial charge in [-0.3, -0.25) is 19.2 Å². The molecule has 9 heteroatoms. The smallest absolute Gasteiger partial charge is 0.336 e. The van der Waals surface area contributed by atoms with Crippen LogP contribution in [0, 0.1) is 0 Å². The van der Waals surface area contributed by atoms with E-state index < -0.39 is 48.3 Å². The summed E-state index contributed by atoms with van der Waals surface area (Å²) < 4.78 is 8.25. The molecule has 0 aliphatic rings. The highest BCUT2D eigenvalue weighted by Crippen LogP contribution is 2.18. The van der Waals surface area contributed by atoms with Gasteiger partial charge in [0.15, 0.2) is 5.60 Å². The summed E-state index contributed by atoms with van der Waals surface area (Å²) in [6, 6.07) is 0. The lowest BCUT2D eigenvalue weighted by atomic mass is 9.96. The second kappa shape index (κ2) is 7.34. The Labute approximate surface area is 113 Å². The van der Waals surface area contributed by atoms with E-state index in [9.17, 15) is 29.1 Å². The summed E-state index contributed by atoms with van der Waals surface area (Å²) in [6.45, 7) is 2.31. The van der Waals surface area contributed by atoms with Crippen LogP contribution in [0.1, 0.15) is 33.1 Å². The summed E-state index contributed by atoms with van der Waals surface area (Å²) in [5.74, 6) is -6.42. The molecule has 0 spiro atoms. The lowest BCUT2D eigenvalue weighted by molar-refractivity contribution is -0.176. The molecular formula is C11H14O9. The van der Waals surface area contributed by atoms with E-state index in [1.54, 1.807) is 0 Å². The molecule has 20 heavy (non-hydrogen) atoms. The second-order valence-electron chi connectivity index (χ2n) is 3.86. The van der Waals surface area contributed by atoms with Gasteiger partial charge in [-0.05, 0) is 0 Å². The van der Waals surface area contributed by atoms with Gasteiger partial charge in [0.2, 0.25) is 0 Å². The van der Waals surface area contributed by atoms with Crippen molar-refractivity contribution in [1.82, 2.24) is 0 Å². The first kappa shape index (κ1) is 17.7. The van der Waals surface area contributed by atoms with Crippen LogP contribution in [0.2, 0.25) is 0 Å². The average Bonchev–Trinajstić information content (AvgIpc) is 2.26. The molecule has 1 atom stereocenters. The molecule has 0 aromatic carbocycles. The van der Waals surface area contributed by atoms with Crippen LogP contribution in [0.5, 0.6) is 0 Å². The molecule has 0 aromatic rings. The molecule has 1 unspecified atom stereocenters. The molecule has 0 aliphatic carbocycles. The van der Waals surface area contributed by atoms with Gasteiger partial charge < -0.3 is 19.7 Å². The molecule has 0 aliphatic heterocycles. The first-order chi connectivity index (χ1) is 9.10. The lowest BCUT2D eigenvalue weighted by Gasteiger charge is -2.20. The van der Waals surface area contributed by atoms with Gasteiger partial charge in [0.05, 0.1) is 12.8 Å². The topological polar surface area (TPSA) is 144 Å². The standard InChI is InChI=1S/C11H14O9/c1-3-7(13)20-9(15)5-11(18,10(16)17)4-8(14)19-6(2)12/h18H,3-5H2,1-2H3,(H,16,17). The normalized spacial score (nSPS) is 12.9. The third kappa shape index (κ3) is 6.05. The first-order valence-electron chi connectivity index (χ1n) is 5.51. The second-order valence-corrected chi connectivity index (χ2v) is 3.86. The molecule has 0 amide bonds. The van der Waals surface area contributed by atoms with Gasteiger partial charge in [0.25, 0.3) is 0 Å². The zero-order valence-electron chi connectivity index (χ0n) is 10.9. The molecule has 0 heterocycles. The minimum absolute atomic E-state index is 0.121. The summed E-state index contributed by atoms with van der Waals surface area (Å²) in [5, 5.41) is 18.5. The SMILES string of the molecule is CCC(=O)OC(=O)CC(O)(CC(=O)OC(C)=O)C(=O)O. The van der Waals surface area contributed by atoms with Crippen LogP contribution >= 0.6 is 0 Å². The van der Waals surface area contributed by atoms with Crippen LogP contribution in [0.4, 0.5) is 0 Å². The third-order valence-electron chi connectivity index (χ3n) is 2.05. The van der Waals surface area contributed by atoms with Crippen molar-refractivity contribution in [2.45, 2.75) is 38.7 Å². The minimum atomic E-state index is -2.82. The number of hydrogen-bond donors (Lipinski definition) is 2. The number of carboxylic acids is 1. The lowest BCUT2D eigenvalue weighted by Crippen LogP contribution is -2.43. The number of carbonyl (C=O) groups excluding carboxylic acids is 4. The number of rotatable bonds is 6. The van der Waals surface area contributed by atoms with Crippen LogP contribution < -0.4 is 0 Å². The largest absolute Gasteiger partial charge is 0.479 e. The number of carboxylic acid groups (broad SMARTS) is 1. The van der Waals surface area contributed by atoms with Gasteiger partial charge in [-0.25, -0.2) is 4.79 Å². The van der Waals surface area contributed by atoms with E-state index in [0.29, 0.717) is 0 Å². The fraction of sp³-hybridized carbons (Fsp3) is 0.545. The number of hydrogen-bond acceptors (Lipinski definition) is 8. The number of ether oxygens (including phenoxy) is 2. The van der Waals surface area contributed by atoms with Gasteiger partial charge in [0, 0.05) is 13.3 Å². The van der Waals surface area contributed by atoms with Gasteiger partial charge in [-0.2, -0.15) is 0 Å². The molecule has 0 saturated carbocycles. The molecule has 0 aromatic heterocycles. The Morgan fingerprint density at radius 2 is 1.40 bits per heavy atom.